The Morgan fingerprint density at radius 1 is 1.05 bits per heavy atom. The molecule has 190 valence electrons. The number of benzene rings is 3. The number of rotatable bonds is 8. The Kier molecular flexibility index (Phi) is 8.09. The molecule has 0 spiro atoms. The average Bonchev–Trinajstić information content (AvgIpc) is 3.50. The highest BCUT2D eigenvalue weighted by Crippen LogP contribution is 2.43. The summed E-state index contributed by atoms with van der Waals surface area (Å²) in [5.41, 5.74) is 2.55. The van der Waals surface area contributed by atoms with Crippen LogP contribution in [0, 0.1) is 0 Å². The summed E-state index contributed by atoms with van der Waals surface area (Å²) in [4.78, 5) is 28.0. The summed E-state index contributed by atoms with van der Waals surface area (Å²) in [6.45, 7) is 0. The van der Waals surface area contributed by atoms with E-state index < -0.39 is 23.5 Å². The van der Waals surface area contributed by atoms with Gasteiger partial charge in [0.1, 0.15) is 0 Å². The van der Waals surface area contributed by atoms with Crippen LogP contribution in [0.25, 0.3) is 6.08 Å². The molecule has 0 bridgehead atoms. The number of anilines is 1. The third kappa shape index (κ3) is 5.76. The number of hydrogen-bond donors (Lipinski definition) is 1. The number of carbonyl (C=O) groups excluding carboxylic acids is 2. The van der Waals surface area contributed by atoms with E-state index in [9.17, 15) is 14.7 Å². The zero-order valence-electron chi connectivity index (χ0n) is 19.6. The Morgan fingerprint density at radius 3 is 2.47 bits per heavy atom. The van der Waals surface area contributed by atoms with Crippen LogP contribution in [0.2, 0.25) is 5.02 Å². The molecule has 1 aliphatic heterocycles. The van der Waals surface area contributed by atoms with Crippen LogP contribution < -0.4 is 4.90 Å². The minimum absolute atomic E-state index is 0.00456. The number of aromatic nitrogens is 2. The monoisotopic (exact) mass is 623 g/mol. The quantitative estimate of drug-likeness (QED) is 0.125. The van der Waals surface area contributed by atoms with Crippen molar-refractivity contribution in [1.82, 2.24) is 10.2 Å². The van der Waals surface area contributed by atoms with Crippen molar-refractivity contribution in [3.63, 3.8) is 0 Å². The van der Waals surface area contributed by atoms with Crippen LogP contribution in [-0.4, -0.2) is 27.0 Å². The first kappa shape index (κ1) is 26.4. The van der Waals surface area contributed by atoms with Crippen molar-refractivity contribution in [3.8, 4) is 0 Å². The number of carbonyl (C=O) groups is 2. The molecule has 4 aromatic rings. The number of aliphatic hydroxyl groups is 1. The summed E-state index contributed by atoms with van der Waals surface area (Å²) in [6.07, 6.45) is 3.03. The number of aliphatic hydroxyl groups excluding tert-OH is 1. The van der Waals surface area contributed by atoms with E-state index in [0.29, 0.717) is 25.8 Å². The number of nitrogens with zero attached hydrogens (tertiary/aromatic N) is 3. The minimum Gasteiger partial charge on any atom is -0.503 e. The van der Waals surface area contributed by atoms with Crippen molar-refractivity contribution in [2.75, 3.05) is 4.90 Å². The van der Waals surface area contributed by atoms with E-state index in [0.717, 1.165) is 15.6 Å². The third-order valence-corrected chi connectivity index (χ3v) is 8.67. The van der Waals surface area contributed by atoms with Crippen molar-refractivity contribution < 1.29 is 14.7 Å². The van der Waals surface area contributed by atoms with Gasteiger partial charge in [-0.25, -0.2) is 0 Å². The predicted molar refractivity (Wildman–Crippen MR) is 155 cm³/mol. The molecule has 2 heterocycles. The lowest BCUT2D eigenvalue weighted by Crippen LogP contribution is -2.30. The molecule has 0 radical (unpaired) electrons. The molecular weight excluding hydrogens is 606 g/mol. The number of hydrogen-bond acceptors (Lipinski definition) is 7. The van der Waals surface area contributed by atoms with Crippen LogP contribution in [0.1, 0.15) is 22.7 Å². The first-order chi connectivity index (χ1) is 18.4. The largest absolute Gasteiger partial charge is 0.503 e. The maximum atomic E-state index is 13.4. The Bertz CT molecular complexity index is 1540. The number of ketones is 1. The van der Waals surface area contributed by atoms with Crippen molar-refractivity contribution >= 4 is 73.5 Å². The maximum absolute atomic E-state index is 13.4. The number of allylic oxidation sites excluding steroid dienone is 1. The molecule has 1 aromatic heterocycles. The maximum Gasteiger partial charge on any atom is 0.296 e. The van der Waals surface area contributed by atoms with Gasteiger partial charge >= 0.3 is 0 Å². The van der Waals surface area contributed by atoms with Gasteiger partial charge in [0, 0.05) is 15.2 Å². The molecule has 6 nitrogen and oxygen atoms in total. The van der Waals surface area contributed by atoms with Gasteiger partial charge in [-0.1, -0.05) is 111 Å². The summed E-state index contributed by atoms with van der Waals surface area (Å²) in [5, 5.41) is 20.3. The highest BCUT2D eigenvalue weighted by Gasteiger charge is 2.45. The van der Waals surface area contributed by atoms with Gasteiger partial charge in [-0.15, -0.1) is 10.2 Å². The van der Waals surface area contributed by atoms with Crippen LogP contribution in [0.15, 0.2) is 105 Å². The summed E-state index contributed by atoms with van der Waals surface area (Å²) < 4.78 is 1.50. The molecule has 1 atom stereocenters. The van der Waals surface area contributed by atoms with Crippen molar-refractivity contribution in [3.05, 3.63) is 122 Å². The van der Waals surface area contributed by atoms with Gasteiger partial charge in [0.05, 0.1) is 11.6 Å². The lowest BCUT2D eigenvalue weighted by atomic mass is 9.96. The Balaban J connectivity index is 1.45. The zero-order valence-corrected chi connectivity index (χ0v) is 23.6. The van der Waals surface area contributed by atoms with E-state index in [1.165, 1.54) is 34.1 Å². The summed E-state index contributed by atoms with van der Waals surface area (Å²) in [5.74, 6) is -1.10. The fourth-order valence-corrected chi connectivity index (χ4v) is 6.14. The second-order valence-electron chi connectivity index (χ2n) is 8.27. The van der Waals surface area contributed by atoms with Crippen molar-refractivity contribution in [2.24, 2.45) is 0 Å². The van der Waals surface area contributed by atoms with Gasteiger partial charge in [-0.3, -0.25) is 14.5 Å². The Hall–Kier alpha value is -3.24. The zero-order chi connectivity index (χ0) is 26.6. The summed E-state index contributed by atoms with van der Waals surface area (Å²) in [7, 11) is 0. The normalized spacial score (nSPS) is 15.6. The van der Waals surface area contributed by atoms with Crippen LogP contribution in [-0.2, 0) is 15.3 Å². The van der Waals surface area contributed by atoms with Crippen LogP contribution in [0.3, 0.4) is 0 Å². The third-order valence-electron chi connectivity index (χ3n) is 5.76. The predicted octanol–water partition coefficient (Wildman–Crippen LogP) is 7.43. The molecule has 0 saturated heterocycles. The van der Waals surface area contributed by atoms with Gasteiger partial charge in [0.25, 0.3) is 5.91 Å². The molecule has 10 heteroatoms. The fraction of sp³-hybridized carbons (Fsp3) is 0.0714. The molecule has 1 aliphatic rings. The second kappa shape index (κ2) is 11.7. The van der Waals surface area contributed by atoms with Crippen molar-refractivity contribution in [2.45, 2.75) is 16.1 Å². The van der Waals surface area contributed by atoms with E-state index in [1.807, 2.05) is 66.7 Å². The van der Waals surface area contributed by atoms with E-state index in [-0.39, 0.29) is 5.57 Å². The first-order valence-corrected chi connectivity index (χ1v) is 14.4. The van der Waals surface area contributed by atoms with Gasteiger partial charge in [-0.2, -0.15) is 0 Å². The molecule has 1 N–H and O–H groups in total. The van der Waals surface area contributed by atoms with Crippen LogP contribution in [0.5, 0.6) is 0 Å². The Morgan fingerprint density at radius 2 is 1.76 bits per heavy atom. The molecular formula is C28H19BrClN3O3S2. The molecule has 3 aromatic carbocycles. The van der Waals surface area contributed by atoms with Crippen LogP contribution >= 0.6 is 50.6 Å². The molecule has 1 unspecified atom stereocenters. The van der Waals surface area contributed by atoms with Gasteiger partial charge in [-0.05, 0) is 47.0 Å². The molecule has 38 heavy (non-hydrogen) atoms. The lowest BCUT2D eigenvalue weighted by Gasteiger charge is -2.23. The van der Waals surface area contributed by atoms with E-state index in [1.54, 1.807) is 18.2 Å². The summed E-state index contributed by atoms with van der Waals surface area (Å²) in [6, 6.07) is 23.3. The second-order valence-corrected chi connectivity index (χ2v) is 11.8. The average molecular weight is 625 g/mol. The molecule has 5 rings (SSSR count). The van der Waals surface area contributed by atoms with E-state index in [4.69, 9.17) is 11.6 Å². The smallest absolute Gasteiger partial charge is 0.296 e. The lowest BCUT2D eigenvalue weighted by molar-refractivity contribution is -0.117. The number of halogens is 2. The Labute approximate surface area is 240 Å². The standard InChI is InChI=1S/C28H19BrClN3O3S2/c29-20-11-9-19(10-12-20)24-23(22(34)15-8-17-4-2-1-3-5-17)25(35)26(36)33(24)27-31-32-28(38-27)37-16-18-6-13-21(30)14-7-18/h1-15,24,35H,16H2. The van der Waals surface area contributed by atoms with Gasteiger partial charge < -0.3 is 5.11 Å². The van der Waals surface area contributed by atoms with Gasteiger partial charge in [0.15, 0.2) is 15.9 Å². The highest BCUT2D eigenvalue weighted by molar-refractivity contribution is 9.10. The SMILES string of the molecule is O=C(C=Cc1ccccc1)C1=C(O)C(=O)N(c2nnc(SCc3ccc(Cl)cc3)s2)C1c1ccc(Br)cc1. The highest BCUT2D eigenvalue weighted by atomic mass is 79.9. The molecule has 0 fully saturated rings. The summed E-state index contributed by atoms with van der Waals surface area (Å²) >= 11 is 12.1. The van der Waals surface area contributed by atoms with Crippen molar-refractivity contribution in [1.29, 1.82) is 0 Å². The van der Waals surface area contributed by atoms with Crippen LogP contribution in [0.4, 0.5) is 5.13 Å². The number of amides is 1. The first-order valence-electron chi connectivity index (χ1n) is 11.4. The fourth-order valence-electron chi connectivity index (χ4n) is 3.92. The van der Waals surface area contributed by atoms with Gasteiger partial charge in [0.2, 0.25) is 5.13 Å². The van der Waals surface area contributed by atoms with E-state index in [2.05, 4.69) is 26.1 Å². The van der Waals surface area contributed by atoms with E-state index >= 15 is 0 Å². The topological polar surface area (TPSA) is 83.4 Å². The minimum atomic E-state index is -0.856. The molecule has 1 amide bonds. The number of thioether (sulfide) groups is 1. The molecule has 0 aliphatic carbocycles. The molecule has 0 saturated carbocycles.